The zero-order chi connectivity index (χ0) is 17.4. The molecule has 6 nitrogen and oxygen atoms in total. The average molecular weight is 323 g/mol. The normalized spacial score (nSPS) is 15.1. The molecule has 0 aliphatic carbocycles. The number of nitrogens with one attached hydrogen (secondary N) is 2. The molecule has 0 saturated carbocycles. The predicted octanol–water partition coefficient (Wildman–Crippen LogP) is 2.01. The summed E-state index contributed by atoms with van der Waals surface area (Å²) in [5.74, 6) is 1.59. The smallest absolute Gasteiger partial charge is 0.191 e. The molecular formula is C17H34N6. The molecule has 0 spiro atoms. The van der Waals surface area contributed by atoms with Gasteiger partial charge in [-0.2, -0.15) is 5.10 Å². The third kappa shape index (κ3) is 7.03. The number of rotatable bonds is 8. The van der Waals surface area contributed by atoms with Crippen molar-refractivity contribution in [2.45, 2.75) is 45.7 Å². The van der Waals surface area contributed by atoms with E-state index < -0.39 is 0 Å². The van der Waals surface area contributed by atoms with Crippen molar-refractivity contribution in [3.63, 3.8) is 0 Å². The highest BCUT2D eigenvalue weighted by atomic mass is 15.3. The van der Waals surface area contributed by atoms with Crippen LogP contribution in [0.3, 0.4) is 0 Å². The summed E-state index contributed by atoms with van der Waals surface area (Å²) >= 11 is 0. The lowest BCUT2D eigenvalue weighted by Gasteiger charge is -2.25. The maximum absolute atomic E-state index is 4.34. The van der Waals surface area contributed by atoms with Gasteiger partial charge in [-0.05, 0) is 39.8 Å². The van der Waals surface area contributed by atoms with Crippen LogP contribution in [0.5, 0.6) is 0 Å². The Labute approximate surface area is 141 Å². The van der Waals surface area contributed by atoms with Gasteiger partial charge in [-0.15, -0.1) is 0 Å². The molecule has 0 radical (unpaired) electrons. The molecule has 0 aliphatic heterocycles. The summed E-state index contributed by atoms with van der Waals surface area (Å²) < 4.78 is 1.84. The summed E-state index contributed by atoms with van der Waals surface area (Å²) in [6.07, 6.45) is 6.36. The van der Waals surface area contributed by atoms with Crippen molar-refractivity contribution in [1.82, 2.24) is 25.3 Å². The van der Waals surface area contributed by atoms with E-state index in [-0.39, 0.29) is 6.04 Å². The summed E-state index contributed by atoms with van der Waals surface area (Å²) in [6.45, 7) is 7.51. The monoisotopic (exact) mass is 322 g/mol. The Morgan fingerprint density at radius 3 is 2.48 bits per heavy atom. The Kier molecular flexibility index (Phi) is 8.09. The molecule has 2 unspecified atom stereocenters. The van der Waals surface area contributed by atoms with Crippen LogP contribution in [-0.2, 0) is 7.05 Å². The Hall–Kier alpha value is -1.56. The molecule has 132 valence electrons. The minimum absolute atomic E-state index is 0.258. The molecule has 23 heavy (non-hydrogen) atoms. The lowest BCUT2D eigenvalue weighted by molar-refractivity contribution is 0.297. The first-order valence-electron chi connectivity index (χ1n) is 8.45. The Bertz CT molecular complexity index is 477. The van der Waals surface area contributed by atoms with Crippen molar-refractivity contribution in [2.75, 3.05) is 27.7 Å². The first-order chi connectivity index (χ1) is 10.8. The lowest BCUT2D eigenvalue weighted by Crippen LogP contribution is -2.45. The van der Waals surface area contributed by atoms with Gasteiger partial charge in [-0.1, -0.05) is 13.8 Å². The maximum atomic E-state index is 4.34. The molecule has 0 aliphatic rings. The van der Waals surface area contributed by atoms with E-state index in [0.717, 1.165) is 24.8 Å². The highest BCUT2D eigenvalue weighted by Gasteiger charge is 2.16. The fraction of sp³-hybridized carbons (Fsp3) is 0.765. The molecule has 0 bridgehead atoms. The number of aryl methyl sites for hydroxylation is 1. The Morgan fingerprint density at radius 2 is 2.00 bits per heavy atom. The fourth-order valence-electron chi connectivity index (χ4n) is 2.49. The van der Waals surface area contributed by atoms with Crippen LogP contribution in [0.25, 0.3) is 0 Å². The second-order valence-electron chi connectivity index (χ2n) is 6.90. The van der Waals surface area contributed by atoms with Crippen LogP contribution < -0.4 is 10.6 Å². The van der Waals surface area contributed by atoms with Crippen molar-refractivity contribution in [2.24, 2.45) is 18.0 Å². The molecule has 1 aromatic rings. The van der Waals surface area contributed by atoms with Gasteiger partial charge < -0.3 is 15.5 Å². The molecule has 0 fully saturated rings. The number of aliphatic imine (C=N–C) groups is 1. The van der Waals surface area contributed by atoms with E-state index in [1.807, 2.05) is 25.0 Å². The van der Waals surface area contributed by atoms with Crippen molar-refractivity contribution in [3.05, 3.63) is 18.0 Å². The maximum Gasteiger partial charge on any atom is 0.191 e. The van der Waals surface area contributed by atoms with Gasteiger partial charge in [0, 0.05) is 38.4 Å². The summed E-state index contributed by atoms with van der Waals surface area (Å²) in [4.78, 5) is 6.53. The molecule has 0 aromatic carbocycles. The van der Waals surface area contributed by atoms with Gasteiger partial charge in [0.05, 0.1) is 12.2 Å². The van der Waals surface area contributed by atoms with Gasteiger partial charge in [0.1, 0.15) is 0 Å². The second-order valence-corrected chi connectivity index (χ2v) is 6.90. The van der Waals surface area contributed by atoms with Gasteiger partial charge in [0.15, 0.2) is 5.96 Å². The van der Waals surface area contributed by atoms with Crippen LogP contribution in [0.4, 0.5) is 0 Å². The van der Waals surface area contributed by atoms with Crippen LogP contribution in [0.1, 0.15) is 45.2 Å². The Morgan fingerprint density at radius 1 is 1.30 bits per heavy atom. The van der Waals surface area contributed by atoms with Crippen molar-refractivity contribution < 1.29 is 0 Å². The van der Waals surface area contributed by atoms with Gasteiger partial charge in [-0.25, -0.2) is 0 Å². The molecule has 1 heterocycles. The van der Waals surface area contributed by atoms with Crippen LogP contribution in [-0.4, -0.2) is 54.4 Å². The zero-order valence-electron chi connectivity index (χ0n) is 15.8. The second kappa shape index (κ2) is 9.55. The van der Waals surface area contributed by atoms with E-state index in [1.54, 1.807) is 0 Å². The summed E-state index contributed by atoms with van der Waals surface area (Å²) in [5.41, 5.74) is 1.20. The van der Waals surface area contributed by atoms with Crippen LogP contribution >= 0.6 is 0 Å². The van der Waals surface area contributed by atoms with Crippen LogP contribution in [0.2, 0.25) is 0 Å². The average Bonchev–Trinajstić information content (AvgIpc) is 2.90. The number of hydrogen-bond acceptors (Lipinski definition) is 3. The van der Waals surface area contributed by atoms with E-state index in [9.17, 15) is 0 Å². The molecule has 2 N–H and O–H groups in total. The number of hydrogen-bond donors (Lipinski definition) is 2. The first kappa shape index (κ1) is 19.5. The third-order valence-corrected chi connectivity index (χ3v) is 3.98. The minimum Gasteiger partial charge on any atom is -0.354 e. The lowest BCUT2D eigenvalue weighted by atomic mass is 10.0. The molecule has 0 saturated heterocycles. The van der Waals surface area contributed by atoms with E-state index in [4.69, 9.17) is 0 Å². The van der Waals surface area contributed by atoms with Gasteiger partial charge in [-0.3, -0.25) is 9.67 Å². The molecule has 1 aromatic heterocycles. The largest absolute Gasteiger partial charge is 0.354 e. The van der Waals surface area contributed by atoms with E-state index >= 15 is 0 Å². The summed E-state index contributed by atoms with van der Waals surface area (Å²) in [6, 6.07) is 0.674. The van der Waals surface area contributed by atoms with Crippen LogP contribution in [0.15, 0.2) is 17.4 Å². The van der Waals surface area contributed by atoms with Gasteiger partial charge >= 0.3 is 0 Å². The summed E-state index contributed by atoms with van der Waals surface area (Å²) in [5, 5.41) is 11.2. The van der Waals surface area contributed by atoms with Crippen molar-refractivity contribution >= 4 is 5.96 Å². The number of nitrogens with zero attached hydrogens (tertiary/aromatic N) is 4. The topological polar surface area (TPSA) is 57.5 Å². The van der Waals surface area contributed by atoms with E-state index in [1.165, 1.54) is 12.0 Å². The highest BCUT2D eigenvalue weighted by Crippen LogP contribution is 2.16. The Balaban J connectivity index is 2.54. The van der Waals surface area contributed by atoms with Crippen molar-refractivity contribution in [3.8, 4) is 0 Å². The molecule has 2 atom stereocenters. The zero-order valence-corrected chi connectivity index (χ0v) is 15.8. The summed E-state index contributed by atoms with van der Waals surface area (Å²) in [7, 11) is 7.93. The van der Waals surface area contributed by atoms with E-state index in [0.29, 0.717) is 6.04 Å². The number of likely N-dealkylation sites (N-methyl/N-ethyl adjacent to an activating group) is 1. The van der Waals surface area contributed by atoms with Crippen LogP contribution in [0, 0.1) is 5.92 Å². The minimum atomic E-state index is 0.258. The van der Waals surface area contributed by atoms with Gasteiger partial charge in [0.25, 0.3) is 0 Å². The quantitative estimate of drug-likeness (QED) is 0.568. The van der Waals surface area contributed by atoms with Crippen molar-refractivity contribution in [1.29, 1.82) is 0 Å². The molecule has 0 amide bonds. The third-order valence-electron chi connectivity index (χ3n) is 3.98. The molecular weight excluding hydrogens is 288 g/mol. The van der Waals surface area contributed by atoms with Gasteiger partial charge in [0.2, 0.25) is 0 Å². The SMILES string of the molecule is CN=C(NCC(c1cnn(C)c1)N(C)C)NC(C)CCC(C)C. The molecule has 1 rings (SSSR count). The number of aromatic nitrogens is 2. The standard InChI is InChI=1S/C17H34N6/c1-13(2)8-9-14(3)21-17(18-4)19-11-16(22(5)6)15-10-20-23(7)12-15/h10,12-14,16H,8-9,11H2,1-7H3,(H2,18,19,21). The predicted molar refractivity (Wildman–Crippen MR) is 97.7 cm³/mol. The first-order valence-corrected chi connectivity index (χ1v) is 8.45. The highest BCUT2D eigenvalue weighted by molar-refractivity contribution is 5.79. The number of guanidine groups is 1. The molecule has 6 heteroatoms. The fourth-order valence-corrected chi connectivity index (χ4v) is 2.49. The van der Waals surface area contributed by atoms with E-state index in [2.05, 4.69) is 66.7 Å².